The first-order chi connectivity index (χ1) is 7.42. The molecule has 0 aromatic heterocycles. The van der Waals surface area contributed by atoms with Crippen LogP contribution in [-0.4, -0.2) is 23.2 Å². The zero-order valence-corrected chi connectivity index (χ0v) is 10.1. The molecule has 0 fully saturated rings. The molecule has 0 heterocycles. The maximum absolute atomic E-state index is 10.9. The van der Waals surface area contributed by atoms with Gasteiger partial charge in [0.2, 0.25) is 0 Å². The molecule has 0 aliphatic rings. The number of aryl methyl sites for hydroxylation is 1. The van der Waals surface area contributed by atoms with Crippen LogP contribution in [0.25, 0.3) is 0 Å². The molecular formula is C13H19NO2. The van der Waals surface area contributed by atoms with Crippen LogP contribution >= 0.6 is 0 Å². The zero-order valence-electron chi connectivity index (χ0n) is 10.1. The number of carbonyl (C=O) groups is 1. The first-order valence-corrected chi connectivity index (χ1v) is 5.46. The van der Waals surface area contributed by atoms with Gasteiger partial charge in [-0.25, -0.2) is 0 Å². The van der Waals surface area contributed by atoms with Gasteiger partial charge in [0.1, 0.15) is 5.54 Å². The van der Waals surface area contributed by atoms with Gasteiger partial charge in [-0.1, -0.05) is 29.8 Å². The lowest BCUT2D eigenvalue weighted by Gasteiger charge is -2.20. The Morgan fingerprint density at radius 2 is 2.12 bits per heavy atom. The highest BCUT2D eigenvalue weighted by Crippen LogP contribution is 2.06. The lowest BCUT2D eigenvalue weighted by Crippen LogP contribution is -2.47. The molecule has 0 saturated heterocycles. The Morgan fingerprint density at radius 3 is 2.69 bits per heavy atom. The van der Waals surface area contributed by atoms with E-state index in [1.807, 2.05) is 6.07 Å². The SMILES string of the molecule is Cc1cccc(CCNC(C)(C)C(=O)O)c1. The van der Waals surface area contributed by atoms with Crippen molar-refractivity contribution in [2.45, 2.75) is 32.7 Å². The van der Waals surface area contributed by atoms with Crippen molar-refractivity contribution in [3.8, 4) is 0 Å². The highest BCUT2D eigenvalue weighted by molar-refractivity contribution is 5.77. The fourth-order valence-electron chi connectivity index (χ4n) is 1.46. The third-order valence-electron chi connectivity index (χ3n) is 2.60. The summed E-state index contributed by atoms with van der Waals surface area (Å²) in [6, 6.07) is 8.25. The fourth-order valence-corrected chi connectivity index (χ4v) is 1.46. The van der Waals surface area contributed by atoms with Gasteiger partial charge < -0.3 is 10.4 Å². The maximum Gasteiger partial charge on any atom is 0.323 e. The van der Waals surface area contributed by atoms with E-state index in [1.54, 1.807) is 13.8 Å². The second kappa shape index (κ2) is 5.12. The van der Waals surface area contributed by atoms with Crippen molar-refractivity contribution in [2.75, 3.05) is 6.54 Å². The van der Waals surface area contributed by atoms with Crippen LogP contribution in [0, 0.1) is 6.92 Å². The third kappa shape index (κ3) is 3.66. The van der Waals surface area contributed by atoms with Gasteiger partial charge in [-0.3, -0.25) is 4.79 Å². The Balaban J connectivity index is 2.45. The van der Waals surface area contributed by atoms with E-state index in [0.29, 0.717) is 6.54 Å². The number of nitrogens with one attached hydrogen (secondary N) is 1. The Morgan fingerprint density at radius 1 is 1.44 bits per heavy atom. The molecule has 0 radical (unpaired) electrons. The van der Waals surface area contributed by atoms with Crippen molar-refractivity contribution >= 4 is 5.97 Å². The quantitative estimate of drug-likeness (QED) is 0.799. The van der Waals surface area contributed by atoms with Crippen molar-refractivity contribution in [1.29, 1.82) is 0 Å². The molecular weight excluding hydrogens is 202 g/mol. The van der Waals surface area contributed by atoms with Crippen LogP contribution in [-0.2, 0) is 11.2 Å². The molecule has 0 spiro atoms. The smallest absolute Gasteiger partial charge is 0.323 e. The van der Waals surface area contributed by atoms with Crippen LogP contribution < -0.4 is 5.32 Å². The second-order valence-electron chi connectivity index (χ2n) is 4.60. The molecule has 16 heavy (non-hydrogen) atoms. The molecule has 0 unspecified atom stereocenters. The molecule has 1 rings (SSSR count). The largest absolute Gasteiger partial charge is 0.480 e. The summed E-state index contributed by atoms with van der Waals surface area (Å²) in [4.78, 5) is 10.9. The van der Waals surface area contributed by atoms with E-state index in [4.69, 9.17) is 5.11 Å². The predicted octanol–water partition coefficient (Wildman–Crippen LogP) is 1.99. The van der Waals surface area contributed by atoms with Gasteiger partial charge in [0.25, 0.3) is 0 Å². The third-order valence-corrected chi connectivity index (χ3v) is 2.60. The number of benzene rings is 1. The van der Waals surface area contributed by atoms with Crippen LogP contribution in [0.15, 0.2) is 24.3 Å². The lowest BCUT2D eigenvalue weighted by atomic mass is 10.0. The van der Waals surface area contributed by atoms with Gasteiger partial charge in [-0.15, -0.1) is 0 Å². The maximum atomic E-state index is 10.9. The molecule has 2 N–H and O–H groups in total. The molecule has 88 valence electrons. The van der Waals surface area contributed by atoms with Crippen LogP contribution in [0.5, 0.6) is 0 Å². The van der Waals surface area contributed by atoms with Crippen molar-refractivity contribution in [1.82, 2.24) is 5.32 Å². The Labute approximate surface area is 96.5 Å². The minimum absolute atomic E-state index is 0.669. The van der Waals surface area contributed by atoms with Gasteiger partial charge in [-0.2, -0.15) is 0 Å². The lowest BCUT2D eigenvalue weighted by molar-refractivity contribution is -0.143. The summed E-state index contributed by atoms with van der Waals surface area (Å²) < 4.78 is 0. The molecule has 0 amide bonds. The molecule has 1 aromatic carbocycles. The monoisotopic (exact) mass is 221 g/mol. The van der Waals surface area contributed by atoms with Crippen LogP contribution in [0.3, 0.4) is 0 Å². The van der Waals surface area contributed by atoms with Crippen molar-refractivity contribution in [3.05, 3.63) is 35.4 Å². The number of hydrogen-bond acceptors (Lipinski definition) is 2. The van der Waals surface area contributed by atoms with Gasteiger partial charge in [0.05, 0.1) is 0 Å². The summed E-state index contributed by atoms with van der Waals surface area (Å²) in [6.45, 7) is 6.07. The molecule has 0 bridgehead atoms. The summed E-state index contributed by atoms with van der Waals surface area (Å²) in [5.41, 5.74) is 1.60. The van der Waals surface area contributed by atoms with E-state index in [0.717, 1.165) is 6.42 Å². The average Bonchev–Trinajstić information content (AvgIpc) is 2.17. The second-order valence-corrected chi connectivity index (χ2v) is 4.60. The Kier molecular flexibility index (Phi) is 4.07. The van der Waals surface area contributed by atoms with E-state index in [9.17, 15) is 4.79 Å². The molecule has 3 heteroatoms. The number of aliphatic carboxylic acids is 1. The summed E-state index contributed by atoms with van der Waals surface area (Å²) >= 11 is 0. The zero-order chi connectivity index (χ0) is 12.2. The van der Waals surface area contributed by atoms with Gasteiger partial charge in [0.15, 0.2) is 0 Å². The summed E-state index contributed by atoms with van der Waals surface area (Å²) in [5, 5.41) is 11.9. The van der Waals surface area contributed by atoms with Crippen molar-refractivity contribution in [3.63, 3.8) is 0 Å². The van der Waals surface area contributed by atoms with Gasteiger partial charge >= 0.3 is 5.97 Å². The Hall–Kier alpha value is -1.35. The standard InChI is InChI=1S/C13H19NO2/c1-10-5-4-6-11(9-10)7-8-14-13(2,3)12(15)16/h4-6,9,14H,7-8H2,1-3H3,(H,15,16). The minimum atomic E-state index is -0.857. The minimum Gasteiger partial charge on any atom is -0.480 e. The molecule has 0 atom stereocenters. The van der Waals surface area contributed by atoms with E-state index in [2.05, 4.69) is 30.4 Å². The predicted molar refractivity (Wildman–Crippen MR) is 64.6 cm³/mol. The van der Waals surface area contributed by atoms with E-state index in [-0.39, 0.29) is 0 Å². The average molecular weight is 221 g/mol. The van der Waals surface area contributed by atoms with Crippen molar-refractivity contribution in [2.24, 2.45) is 0 Å². The molecule has 0 aliphatic heterocycles. The van der Waals surface area contributed by atoms with Crippen LogP contribution in [0.2, 0.25) is 0 Å². The molecule has 0 saturated carbocycles. The van der Waals surface area contributed by atoms with Crippen molar-refractivity contribution < 1.29 is 9.90 Å². The molecule has 3 nitrogen and oxygen atoms in total. The first kappa shape index (κ1) is 12.7. The number of rotatable bonds is 5. The molecule has 1 aromatic rings. The van der Waals surface area contributed by atoms with E-state index in [1.165, 1.54) is 11.1 Å². The van der Waals surface area contributed by atoms with Crippen LogP contribution in [0.4, 0.5) is 0 Å². The summed E-state index contributed by atoms with van der Waals surface area (Å²) in [7, 11) is 0. The van der Waals surface area contributed by atoms with E-state index < -0.39 is 11.5 Å². The number of hydrogen-bond donors (Lipinski definition) is 2. The fraction of sp³-hybridized carbons (Fsp3) is 0.462. The Bertz CT molecular complexity index is 372. The topological polar surface area (TPSA) is 49.3 Å². The first-order valence-electron chi connectivity index (χ1n) is 5.46. The van der Waals surface area contributed by atoms with Gasteiger partial charge in [-0.05, 0) is 32.8 Å². The summed E-state index contributed by atoms with van der Waals surface area (Å²) in [5.74, 6) is -0.822. The van der Waals surface area contributed by atoms with Gasteiger partial charge in [0, 0.05) is 6.54 Å². The molecule has 0 aliphatic carbocycles. The number of carboxylic acids is 1. The normalized spacial score (nSPS) is 11.4. The van der Waals surface area contributed by atoms with E-state index >= 15 is 0 Å². The highest BCUT2D eigenvalue weighted by atomic mass is 16.4. The number of carboxylic acid groups (broad SMARTS) is 1. The van der Waals surface area contributed by atoms with Crippen LogP contribution in [0.1, 0.15) is 25.0 Å². The summed E-state index contributed by atoms with van der Waals surface area (Å²) in [6.07, 6.45) is 0.846. The highest BCUT2D eigenvalue weighted by Gasteiger charge is 2.25.